The van der Waals surface area contributed by atoms with Crippen molar-refractivity contribution in [2.45, 2.75) is 25.4 Å². The average molecular weight is 239 g/mol. The molecule has 1 fully saturated rings. The highest BCUT2D eigenvalue weighted by Gasteiger charge is 2.26. The molecule has 3 heteroatoms. The summed E-state index contributed by atoms with van der Waals surface area (Å²) in [6.45, 7) is 2.12. The Morgan fingerprint density at radius 2 is 2.17 bits per heavy atom. The van der Waals surface area contributed by atoms with Gasteiger partial charge in [0.2, 0.25) is 0 Å². The Balaban J connectivity index is 1.76. The van der Waals surface area contributed by atoms with Gasteiger partial charge in [-0.1, -0.05) is 12.1 Å². The van der Waals surface area contributed by atoms with Crippen LogP contribution in [0.15, 0.2) is 48.9 Å². The van der Waals surface area contributed by atoms with Crippen molar-refractivity contribution in [2.75, 3.05) is 6.54 Å². The quantitative estimate of drug-likeness (QED) is 0.824. The highest BCUT2D eigenvalue weighted by molar-refractivity contribution is 5.13. The molecule has 0 saturated carbocycles. The molecule has 0 amide bonds. The van der Waals surface area contributed by atoms with Gasteiger partial charge in [-0.2, -0.15) is 0 Å². The molecule has 0 aromatic carbocycles. The standard InChI is InChI=1S/C15H17N3/c1-2-9-17-14(6-1)15-7-4-10-18(15)12-13-5-3-8-16-11-13/h1-3,5-6,8-9,11,15H,4,7,10,12H2/t15-/m0/s1. The summed E-state index contributed by atoms with van der Waals surface area (Å²) in [4.78, 5) is 11.2. The molecule has 18 heavy (non-hydrogen) atoms. The summed E-state index contributed by atoms with van der Waals surface area (Å²) < 4.78 is 0. The summed E-state index contributed by atoms with van der Waals surface area (Å²) in [6, 6.07) is 10.8. The second kappa shape index (κ2) is 5.27. The van der Waals surface area contributed by atoms with E-state index in [1.165, 1.54) is 24.1 Å². The third-order valence-electron chi connectivity index (χ3n) is 3.50. The summed E-state index contributed by atoms with van der Waals surface area (Å²) in [5, 5.41) is 0. The zero-order valence-corrected chi connectivity index (χ0v) is 10.4. The van der Waals surface area contributed by atoms with Gasteiger partial charge in [0.05, 0.1) is 11.7 Å². The van der Waals surface area contributed by atoms with Gasteiger partial charge in [0.1, 0.15) is 0 Å². The molecule has 0 bridgehead atoms. The first-order chi connectivity index (χ1) is 8.93. The molecule has 0 N–H and O–H groups in total. The molecule has 3 nitrogen and oxygen atoms in total. The first-order valence-corrected chi connectivity index (χ1v) is 6.47. The Morgan fingerprint density at radius 1 is 1.17 bits per heavy atom. The Kier molecular flexibility index (Phi) is 3.33. The minimum absolute atomic E-state index is 0.464. The zero-order chi connectivity index (χ0) is 12.2. The lowest BCUT2D eigenvalue weighted by molar-refractivity contribution is 0.244. The molecule has 1 aliphatic rings. The van der Waals surface area contributed by atoms with Crippen LogP contribution in [0.3, 0.4) is 0 Å². The Bertz CT molecular complexity index is 484. The van der Waals surface area contributed by atoms with Crippen LogP contribution in [0, 0.1) is 0 Å². The lowest BCUT2D eigenvalue weighted by Gasteiger charge is -2.23. The molecule has 0 spiro atoms. The van der Waals surface area contributed by atoms with E-state index in [4.69, 9.17) is 0 Å². The van der Waals surface area contributed by atoms with E-state index in [9.17, 15) is 0 Å². The van der Waals surface area contributed by atoms with E-state index in [2.05, 4.69) is 33.1 Å². The van der Waals surface area contributed by atoms with Gasteiger partial charge in [-0.15, -0.1) is 0 Å². The second-order valence-electron chi connectivity index (χ2n) is 4.74. The van der Waals surface area contributed by atoms with E-state index >= 15 is 0 Å². The van der Waals surface area contributed by atoms with Gasteiger partial charge in [0, 0.05) is 25.1 Å². The van der Waals surface area contributed by atoms with Crippen molar-refractivity contribution in [3.63, 3.8) is 0 Å². The predicted octanol–water partition coefficient (Wildman–Crippen LogP) is 2.81. The van der Waals surface area contributed by atoms with Crippen molar-refractivity contribution in [2.24, 2.45) is 0 Å². The molecule has 3 rings (SSSR count). The Labute approximate surface area is 108 Å². The van der Waals surface area contributed by atoms with Gasteiger partial charge in [0.15, 0.2) is 0 Å². The summed E-state index contributed by atoms with van der Waals surface area (Å²) in [7, 11) is 0. The van der Waals surface area contributed by atoms with Crippen molar-refractivity contribution < 1.29 is 0 Å². The van der Waals surface area contributed by atoms with Crippen LogP contribution in [0.4, 0.5) is 0 Å². The molecular weight excluding hydrogens is 222 g/mol. The van der Waals surface area contributed by atoms with E-state index in [0.717, 1.165) is 13.1 Å². The number of nitrogens with zero attached hydrogens (tertiary/aromatic N) is 3. The van der Waals surface area contributed by atoms with Crippen LogP contribution in [0.1, 0.15) is 30.1 Å². The number of rotatable bonds is 3. The van der Waals surface area contributed by atoms with Crippen molar-refractivity contribution in [3.05, 3.63) is 60.2 Å². The SMILES string of the molecule is c1ccc([C@@H]2CCCN2Cc2cccnc2)nc1. The lowest BCUT2D eigenvalue weighted by Crippen LogP contribution is -2.23. The maximum Gasteiger partial charge on any atom is 0.0575 e. The molecule has 2 aromatic rings. The van der Waals surface area contributed by atoms with Gasteiger partial charge < -0.3 is 0 Å². The highest BCUT2D eigenvalue weighted by atomic mass is 15.2. The fourth-order valence-electron chi connectivity index (χ4n) is 2.65. The average Bonchev–Trinajstić information content (AvgIpc) is 2.89. The molecule has 1 atom stereocenters. The third-order valence-corrected chi connectivity index (χ3v) is 3.50. The number of aromatic nitrogens is 2. The summed E-state index contributed by atoms with van der Waals surface area (Å²) in [5.41, 5.74) is 2.47. The number of hydrogen-bond donors (Lipinski definition) is 0. The molecule has 92 valence electrons. The van der Waals surface area contributed by atoms with Crippen LogP contribution in [-0.2, 0) is 6.54 Å². The van der Waals surface area contributed by atoms with Crippen molar-refractivity contribution in [3.8, 4) is 0 Å². The molecule has 3 heterocycles. The molecule has 0 unspecified atom stereocenters. The van der Waals surface area contributed by atoms with E-state index in [1.54, 1.807) is 0 Å². The van der Waals surface area contributed by atoms with E-state index in [-0.39, 0.29) is 0 Å². The first-order valence-electron chi connectivity index (χ1n) is 6.47. The van der Waals surface area contributed by atoms with Gasteiger partial charge in [0.25, 0.3) is 0 Å². The van der Waals surface area contributed by atoms with E-state index in [1.807, 2.05) is 30.7 Å². The van der Waals surface area contributed by atoms with Crippen LogP contribution >= 0.6 is 0 Å². The van der Waals surface area contributed by atoms with Crippen molar-refractivity contribution in [1.82, 2.24) is 14.9 Å². The van der Waals surface area contributed by atoms with Crippen LogP contribution in [0.25, 0.3) is 0 Å². The molecule has 2 aromatic heterocycles. The summed E-state index contributed by atoms with van der Waals surface area (Å²) in [6.07, 6.45) is 8.12. The smallest absolute Gasteiger partial charge is 0.0575 e. The van der Waals surface area contributed by atoms with Crippen LogP contribution < -0.4 is 0 Å². The van der Waals surface area contributed by atoms with Crippen LogP contribution in [0.5, 0.6) is 0 Å². The molecule has 1 aliphatic heterocycles. The first kappa shape index (κ1) is 11.4. The van der Waals surface area contributed by atoms with Gasteiger partial charge >= 0.3 is 0 Å². The zero-order valence-electron chi connectivity index (χ0n) is 10.4. The highest BCUT2D eigenvalue weighted by Crippen LogP contribution is 2.31. The Morgan fingerprint density at radius 3 is 2.94 bits per heavy atom. The van der Waals surface area contributed by atoms with Gasteiger partial charge in [-0.05, 0) is 43.1 Å². The van der Waals surface area contributed by atoms with Crippen molar-refractivity contribution >= 4 is 0 Å². The van der Waals surface area contributed by atoms with E-state index < -0.39 is 0 Å². The summed E-state index contributed by atoms with van der Waals surface area (Å²) >= 11 is 0. The molecular formula is C15H17N3. The number of likely N-dealkylation sites (tertiary alicyclic amines) is 1. The maximum absolute atomic E-state index is 4.50. The minimum atomic E-state index is 0.464. The number of hydrogen-bond acceptors (Lipinski definition) is 3. The molecule has 0 radical (unpaired) electrons. The largest absolute Gasteiger partial charge is 0.290 e. The fraction of sp³-hybridized carbons (Fsp3) is 0.333. The lowest BCUT2D eigenvalue weighted by atomic mass is 10.1. The molecule has 1 saturated heterocycles. The second-order valence-corrected chi connectivity index (χ2v) is 4.74. The monoisotopic (exact) mass is 239 g/mol. The predicted molar refractivity (Wildman–Crippen MR) is 70.9 cm³/mol. The van der Waals surface area contributed by atoms with Gasteiger partial charge in [-0.3, -0.25) is 14.9 Å². The van der Waals surface area contributed by atoms with E-state index in [0.29, 0.717) is 6.04 Å². The maximum atomic E-state index is 4.50. The van der Waals surface area contributed by atoms with Crippen LogP contribution in [0.2, 0.25) is 0 Å². The summed E-state index contributed by atoms with van der Waals surface area (Å²) in [5.74, 6) is 0. The minimum Gasteiger partial charge on any atom is -0.290 e. The fourth-order valence-corrected chi connectivity index (χ4v) is 2.65. The van der Waals surface area contributed by atoms with Crippen molar-refractivity contribution in [1.29, 1.82) is 0 Å². The normalized spacial score (nSPS) is 20.1. The van der Waals surface area contributed by atoms with Crippen LogP contribution in [-0.4, -0.2) is 21.4 Å². The third kappa shape index (κ3) is 2.41. The van der Waals surface area contributed by atoms with Gasteiger partial charge in [-0.25, -0.2) is 0 Å². The Hall–Kier alpha value is -1.74. The molecule has 0 aliphatic carbocycles. The topological polar surface area (TPSA) is 29.0 Å². The number of pyridine rings is 2.